The number of nitrogens with one attached hydrogen (secondary N) is 1. The maximum atomic E-state index is 13.1. The normalized spacial score (nSPS) is 14.9. The van der Waals surface area contributed by atoms with Crippen molar-refractivity contribution in [1.29, 1.82) is 0 Å². The number of hydrogen-bond donors (Lipinski definition) is 1. The molecule has 0 aromatic heterocycles. The molecule has 0 bridgehead atoms. The van der Waals surface area contributed by atoms with E-state index in [4.69, 9.17) is 21.1 Å². The van der Waals surface area contributed by atoms with E-state index in [0.717, 1.165) is 10.5 Å². The van der Waals surface area contributed by atoms with Gasteiger partial charge in [0.2, 0.25) is 0 Å². The standard InChI is InChI=1S/C25H19ClN2O5/c1-32-22-5-3-2-4-17(22)14-21-23(29)27-25(31)28(24(21)30)19-10-12-20(13-11-19)33-15-16-6-8-18(26)9-7-16/h2-14H,15H2,1H3,(H,27,29,31)/b21-14+. The Kier molecular flexibility index (Phi) is 6.42. The van der Waals surface area contributed by atoms with Crippen LogP contribution in [-0.4, -0.2) is 25.0 Å². The average molecular weight is 463 g/mol. The van der Waals surface area contributed by atoms with Crippen LogP contribution < -0.4 is 19.7 Å². The van der Waals surface area contributed by atoms with Crippen molar-refractivity contribution < 1.29 is 23.9 Å². The van der Waals surface area contributed by atoms with Crippen LogP contribution in [0.3, 0.4) is 0 Å². The number of halogens is 1. The van der Waals surface area contributed by atoms with Crippen molar-refractivity contribution in [1.82, 2.24) is 5.32 Å². The summed E-state index contributed by atoms with van der Waals surface area (Å²) >= 11 is 5.89. The molecule has 1 fully saturated rings. The van der Waals surface area contributed by atoms with E-state index in [1.54, 1.807) is 60.7 Å². The highest BCUT2D eigenvalue weighted by Crippen LogP contribution is 2.26. The van der Waals surface area contributed by atoms with Gasteiger partial charge in [-0.2, -0.15) is 0 Å². The van der Waals surface area contributed by atoms with Gasteiger partial charge < -0.3 is 9.47 Å². The average Bonchev–Trinajstić information content (AvgIpc) is 2.82. The molecule has 1 aliphatic heterocycles. The van der Waals surface area contributed by atoms with Crippen molar-refractivity contribution in [2.24, 2.45) is 0 Å². The molecule has 3 aromatic carbocycles. The molecule has 1 saturated heterocycles. The molecule has 33 heavy (non-hydrogen) atoms. The zero-order valence-corrected chi connectivity index (χ0v) is 18.3. The van der Waals surface area contributed by atoms with Crippen molar-refractivity contribution in [2.75, 3.05) is 12.0 Å². The minimum atomic E-state index is -0.822. The number of benzene rings is 3. The summed E-state index contributed by atoms with van der Waals surface area (Å²) in [4.78, 5) is 38.8. The summed E-state index contributed by atoms with van der Waals surface area (Å²) in [7, 11) is 1.49. The molecule has 166 valence electrons. The highest BCUT2D eigenvalue weighted by atomic mass is 35.5. The maximum Gasteiger partial charge on any atom is 0.335 e. The van der Waals surface area contributed by atoms with Crippen LogP contribution in [0.1, 0.15) is 11.1 Å². The minimum Gasteiger partial charge on any atom is -0.496 e. The van der Waals surface area contributed by atoms with E-state index < -0.39 is 17.8 Å². The summed E-state index contributed by atoms with van der Waals surface area (Å²) in [5.41, 5.74) is 1.61. The second-order valence-corrected chi connectivity index (χ2v) is 7.55. The lowest BCUT2D eigenvalue weighted by molar-refractivity contribution is -0.122. The Bertz CT molecular complexity index is 1240. The molecule has 4 amide bonds. The van der Waals surface area contributed by atoms with Crippen molar-refractivity contribution in [3.05, 3.63) is 94.5 Å². The van der Waals surface area contributed by atoms with E-state index in [9.17, 15) is 14.4 Å². The molecule has 0 saturated carbocycles. The molecule has 0 unspecified atom stereocenters. The molecule has 0 spiro atoms. The monoisotopic (exact) mass is 462 g/mol. The van der Waals surface area contributed by atoms with Gasteiger partial charge in [-0.15, -0.1) is 0 Å². The van der Waals surface area contributed by atoms with Crippen LogP contribution in [0.25, 0.3) is 6.08 Å². The molecule has 4 rings (SSSR count). The fourth-order valence-corrected chi connectivity index (χ4v) is 3.40. The quantitative estimate of drug-likeness (QED) is 0.427. The summed E-state index contributed by atoms with van der Waals surface area (Å²) < 4.78 is 11.0. The Balaban J connectivity index is 1.54. The first-order chi connectivity index (χ1) is 16.0. The fraction of sp³-hybridized carbons (Fsp3) is 0.0800. The highest BCUT2D eigenvalue weighted by Gasteiger charge is 2.37. The Morgan fingerprint density at radius 1 is 0.939 bits per heavy atom. The Morgan fingerprint density at radius 2 is 1.64 bits per heavy atom. The number of anilines is 1. The Hall–Kier alpha value is -4.10. The summed E-state index contributed by atoms with van der Waals surface area (Å²) in [6.45, 7) is 0.333. The van der Waals surface area contributed by atoms with Crippen LogP contribution >= 0.6 is 11.6 Å². The van der Waals surface area contributed by atoms with Crippen LogP contribution in [0.15, 0.2) is 78.4 Å². The summed E-state index contributed by atoms with van der Waals surface area (Å²) in [6, 6.07) is 19.8. The van der Waals surface area contributed by atoms with Gasteiger partial charge >= 0.3 is 6.03 Å². The van der Waals surface area contributed by atoms with Gasteiger partial charge in [0.1, 0.15) is 23.7 Å². The number of nitrogens with zero attached hydrogens (tertiary/aromatic N) is 1. The zero-order valence-electron chi connectivity index (χ0n) is 17.6. The molecule has 0 radical (unpaired) electrons. The number of carbonyl (C=O) groups excluding carboxylic acids is 3. The Morgan fingerprint density at radius 3 is 2.33 bits per heavy atom. The molecule has 7 nitrogen and oxygen atoms in total. The van der Waals surface area contributed by atoms with Gasteiger partial charge in [0.15, 0.2) is 0 Å². The number of barbiturate groups is 1. The van der Waals surface area contributed by atoms with Crippen molar-refractivity contribution in [3.63, 3.8) is 0 Å². The third kappa shape index (κ3) is 4.88. The van der Waals surface area contributed by atoms with Gasteiger partial charge in [-0.05, 0) is 54.1 Å². The van der Waals surface area contributed by atoms with Gasteiger partial charge in [-0.3, -0.25) is 14.9 Å². The maximum absolute atomic E-state index is 13.1. The SMILES string of the molecule is COc1ccccc1/C=C1\C(=O)NC(=O)N(c2ccc(OCc3ccc(Cl)cc3)cc2)C1=O. The lowest BCUT2D eigenvalue weighted by atomic mass is 10.1. The molecule has 1 N–H and O–H groups in total. The van der Waals surface area contributed by atoms with Crippen LogP contribution in [-0.2, 0) is 16.2 Å². The lowest BCUT2D eigenvalue weighted by Gasteiger charge is -2.26. The van der Waals surface area contributed by atoms with E-state index in [1.807, 2.05) is 12.1 Å². The number of urea groups is 1. The van der Waals surface area contributed by atoms with E-state index in [0.29, 0.717) is 34.4 Å². The first-order valence-electron chi connectivity index (χ1n) is 9.98. The van der Waals surface area contributed by atoms with E-state index in [-0.39, 0.29) is 5.57 Å². The molecule has 8 heteroatoms. The fourth-order valence-electron chi connectivity index (χ4n) is 3.27. The van der Waals surface area contributed by atoms with Crippen molar-refractivity contribution in [2.45, 2.75) is 6.61 Å². The molecule has 3 aromatic rings. The largest absolute Gasteiger partial charge is 0.496 e. The third-order valence-corrected chi connectivity index (χ3v) is 5.21. The van der Waals surface area contributed by atoms with Crippen LogP contribution in [0.4, 0.5) is 10.5 Å². The minimum absolute atomic E-state index is 0.179. The summed E-state index contributed by atoms with van der Waals surface area (Å²) in [5, 5.41) is 2.85. The molecular formula is C25H19ClN2O5. The van der Waals surface area contributed by atoms with Gasteiger partial charge in [0.05, 0.1) is 12.8 Å². The van der Waals surface area contributed by atoms with Gasteiger partial charge in [0, 0.05) is 10.6 Å². The molecular weight excluding hydrogens is 444 g/mol. The predicted molar refractivity (Wildman–Crippen MR) is 124 cm³/mol. The van der Waals surface area contributed by atoms with Gasteiger partial charge in [-0.25, -0.2) is 9.69 Å². The number of methoxy groups -OCH3 is 1. The predicted octanol–water partition coefficient (Wildman–Crippen LogP) is 4.59. The highest BCUT2D eigenvalue weighted by molar-refractivity contribution is 6.39. The molecule has 1 heterocycles. The van der Waals surface area contributed by atoms with Gasteiger partial charge in [-0.1, -0.05) is 41.9 Å². The van der Waals surface area contributed by atoms with Gasteiger partial charge in [0.25, 0.3) is 11.8 Å². The summed E-state index contributed by atoms with van der Waals surface area (Å²) in [6.07, 6.45) is 1.40. The second kappa shape index (κ2) is 9.58. The number of ether oxygens (including phenoxy) is 2. The van der Waals surface area contributed by atoms with Crippen molar-refractivity contribution >= 4 is 41.2 Å². The first kappa shape index (κ1) is 22.1. The Labute approximate surface area is 195 Å². The van der Waals surface area contributed by atoms with E-state index in [1.165, 1.54) is 13.2 Å². The smallest absolute Gasteiger partial charge is 0.335 e. The lowest BCUT2D eigenvalue weighted by Crippen LogP contribution is -2.54. The second-order valence-electron chi connectivity index (χ2n) is 7.11. The van der Waals surface area contributed by atoms with E-state index in [2.05, 4.69) is 5.32 Å². The van der Waals surface area contributed by atoms with E-state index >= 15 is 0 Å². The van der Waals surface area contributed by atoms with Crippen molar-refractivity contribution in [3.8, 4) is 11.5 Å². The number of hydrogen-bond acceptors (Lipinski definition) is 5. The number of amides is 4. The number of para-hydroxylation sites is 1. The topological polar surface area (TPSA) is 84.9 Å². The number of carbonyl (C=O) groups is 3. The van der Waals surface area contributed by atoms with Crippen LogP contribution in [0.5, 0.6) is 11.5 Å². The first-order valence-corrected chi connectivity index (χ1v) is 10.4. The summed E-state index contributed by atoms with van der Waals surface area (Å²) in [5.74, 6) is -0.449. The van der Waals surface area contributed by atoms with Crippen LogP contribution in [0, 0.1) is 0 Å². The number of rotatable bonds is 6. The van der Waals surface area contributed by atoms with Crippen LogP contribution in [0.2, 0.25) is 5.02 Å². The molecule has 1 aliphatic rings. The third-order valence-electron chi connectivity index (χ3n) is 4.95. The zero-order chi connectivity index (χ0) is 23.4. The number of imide groups is 2. The molecule has 0 atom stereocenters. The molecule has 0 aliphatic carbocycles.